The van der Waals surface area contributed by atoms with Crippen LogP contribution in [-0.2, 0) is 4.74 Å². The predicted molar refractivity (Wildman–Crippen MR) is 123 cm³/mol. The molecule has 2 atom stereocenters. The van der Waals surface area contributed by atoms with Crippen molar-refractivity contribution >= 4 is 5.82 Å². The van der Waals surface area contributed by atoms with Gasteiger partial charge in [-0.25, -0.2) is 4.68 Å². The lowest BCUT2D eigenvalue weighted by Crippen LogP contribution is -2.25. The van der Waals surface area contributed by atoms with E-state index in [1.54, 1.807) is 12.3 Å². The zero-order valence-corrected chi connectivity index (χ0v) is 19.2. The van der Waals surface area contributed by atoms with E-state index >= 15 is 0 Å². The minimum Gasteiger partial charge on any atom is -0.382 e. The van der Waals surface area contributed by atoms with E-state index in [4.69, 9.17) is 10.5 Å². The monoisotopic (exact) mass is 409 g/mol. The molecule has 0 amide bonds. The summed E-state index contributed by atoms with van der Waals surface area (Å²) >= 11 is 0. The third kappa shape index (κ3) is 13.7. The fourth-order valence-corrected chi connectivity index (χ4v) is 3.72. The van der Waals surface area contributed by atoms with Crippen LogP contribution in [0.5, 0.6) is 0 Å². The van der Waals surface area contributed by atoms with Gasteiger partial charge >= 0.3 is 0 Å². The van der Waals surface area contributed by atoms with E-state index in [1.807, 2.05) is 6.92 Å². The molecule has 0 saturated carbocycles. The fraction of sp³-hybridized carbons (Fsp3) is 0.875. The molecule has 1 aromatic rings. The third-order valence-corrected chi connectivity index (χ3v) is 5.70. The minimum absolute atomic E-state index is 0.286. The summed E-state index contributed by atoms with van der Waals surface area (Å²) in [6.07, 6.45) is 22.5. The Labute approximate surface area is 179 Å². The van der Waals surface area contributed by atoms with Crippen molar-refractivity contribution in [3.05, 3.63) is 12.3 Å². The molecule has 0 spiro atoms. The zero-order valence-electron chi connectivity index (χ0n) is 19.2. The highest BCUT2D eigenvalue weighted by Crippen LogP contribution is 2.15. The summed E-state index contributed by atoms with van der Waals surface area (Å²) in [6, 6.07) is 1.67. The normalized spacial score (nSPS) is 13.6. The molecular weight excluding hydrogens is 362 g/mol. The van der Waals surface area contributed by atoms with Gasteiger partial charge in [-0.3, -0.25) is 0 Å². The molecule has 1 rings (SSSR count). The summed E-state index contributed by atoms with van der Waals surface area (Å²) in [4.78, 5) is 0. The second-order valence-corrected chi connectivity index (χ2v) is 8.51. The van der Waals surface area contributed by atoms with Crippen molar-refractivity contribution in [2.24, 2.45) is 0 Å². The smallest absolute Gasteiger partial charge is 0.173 e. The fourth-order valence-electron chi connectivity index (χ4n) is 3.72. The van der Waals surface area contributed by atoms with Crippen molar-refractivity contribution in [2.75, 3.05) is 12.3 Å². The highest BCUT2D eigenvalue weighted by molar-refractivity contribution is 5.23. The van der Waals surface area contributed by atoms with Gasteiger partial charge in [0.25, 0.3) is 0 Å². The highest BCUT2D eigenvalue weighted by atomic mass is 16.5. The van der Waals surface area contributed by atoms with Crippen LogP contribution in [0.15, 0.2) is 12.3 Å². The van der Waals surface area contributed by atoms with Crippen LogP contribution in [0.3, 0.4) is 0 Å². The number of aromatic nitrogens is 2. The molecule has 3 N–H and O–H groups in total. The van der Waals surface area contributed by atoms with Gasteiger partial charge in [0.1, 0.15) is 11.9 Å². The van der Waals surface area contributed by atoms with E-state index in [2.05, 4.69) is 12.0 Å². The number of aliphatic hydroxyl groups excluding tert-OH is 1. The summed E-state index contributed by atoms with van der Waals surface area (Å²) in [5, 5.41) is 14.2. The van der Waals surface area contributed by atoms with E-state index in [1.165, 1.54) is 101 Å². The van der Waals surface area contributed by atoms with E-state index in [-0.39, 0.29) is 6.10 Å². The minimum atomic E-state index is -0.784. The summed E-state index contributed by atoms with van der Waals surface area (Å²) in [5.41, 5.74) is 5.58. The average molecular weight is 410 g/mol. The van der Waals surface area contributed by atoms with Crippen LogP contribution in [0.4, 0.5) is 5.82 Å². The molecule has 0 fully saturated rings. The Bertz CT molecular complexity index is 478. The van der Waals surface area contributed by atoms with Crippen LogP contribution in [0.25, 0.3) is 0 Å². The number of hydrogen-bond donors (Lipinski definition) is 2. The average Bonchev–Trinajstić information content (AvgIpc) is 3.15. The lowest BCUT2D eigenvalue weighted by Gasteiger charge is -2.19. The first kappa shape index (κ1) is 26.0. The van der Waals surface area contributed by atoms with E-state index in [0.717, 1.165) is 6.42 Å². The summed E-state index contributed by atoms with van der Waals surface area (Å²) in [6.45, 7) is 4.84. The molecule has 0 aliphatic heterocycles. The van der Waals surface area contributed by atoms with Crippen LogP contribution in [0.1, 0.15) is 123 Å². The molecular formula is C24H47N3O2. The Balaban J connectivity index is 1.80. The van der Waals surface area contributed by atoms with Gasteiger partial charge in [-0.15, -0.1) is 0 Å². The van der Waals surface area contributed by atoms with Gasteiger partial charge in [-0.2, -0.15) is 5.10 Å². The van der Waals surface area contributed by atoms with Crippen LogP contribution in [0, 0.1) is 0 Å². The van der Waals surface area contributed by atoms with Crippen molar-refractivity contribution < 1.29 is 9.84 Å². The largest absolute Gasteiger partial charge is 0.382 e. The van der Waals surface area contributed by atoms with Gasteiger partial charge in [-0.1, -0.05) is 103 Å². The molecule has 0 aliphatic carbocycles. The Morgan fingerprint density at radius 1 is 0.862 bits per heavy atom. The topological polar surface area (TPSA) is 73.3 Å². The maximum Gasteiger partial charge on any atom is 0.173 e. The molecule has 0 aliphatic rings. The Morgan fingerprint density at radius 3 is 1.72 bits per heavy atom. The molecule has 0 saturated heterocycles. The molecule has 5 heteroatoms. The second-order valence-electron chi connectivity index (χ2n) is 8.51. The molecule has 170 valence electrons. The lowest BCUT2D eigenvalue weighted by atomic mass is 10.0. The van der Waals surface area contributed by atoms with E-state index in [0.29, 0.717) is 12.4 Å². The van der Waals surface area contributed by atoms with Crippen LogP contribution >= 0.6 is 0 Å². The number of nitrogens with zero attached hydrogens (tertiary/aromatic N) is 2. The molecule has 0 bridgehead atoms. The van der Waals surface area contributed by atoms with Gasteiger partial charge in [0, 0.05) is 18.9 Å². The molecule has 1 aromatic heterocycles. The number of anilines is 1. The number of rotatable bonds is 20. The quantitative estimate of drug-likeness (QED) is 0.237. The summed E-state index contributed by atoms with van der Waals surface area (Å²) in [7, 11) is 0. The first-order valence-electron chi connectivity index (χ1n) is 12.3. The summed E-state index contributed by atoms with van der Waals surface area (Å²) in [5.74, 6) is 0.411. The van der Waals surface area contributed by atoms with Crippen molar-refractivity contribution in [3.63, 3.8) is 0 Å². The SMILES string of the molecule is CCCCCCCCCCCCCCCCCCOC(C)C(O)n1ccc(N)n1. The third-order valence-electron chi connectivity index (χ3n) is 5.70. The molecule has 2 unspecified atom stereocenters. The molecule has 0 radical (unpaired) electrons. The van der Waals surface area contributed by atoms with E-state index < -0.39 is 6.23 Å². The predicted octanol–water partition coefficient (Wildman–Crippen LogP) is 6.62. The Kier molecular flexibility index (Phi) is 15.9. The van der Waals surface area contributed by atoms with Crippen LogP contribution in [0.2, 0.25) is 0 Å². The van der Waals surface area contributed by atoms with Crippen LogP contribution < -0.4 is 5.73 Å². The summed E-state index contributed by atoms with van der Waals surface area (Å²) < 4.78 is 7.19. The zero-order chi connectivity index (χ0) is 21.2. The number of unbranched alkanes of at least 4 members (excludes halogenated alkanes) is 15. The second kappa shape index (κ2) is 17.8. The number of nitrogens with two attached hydrogens (primary N) is 1. The molecule has 5 nitrogen and oxygen atoms in total. The van der Waals surface area contributed by atoms with Gasteiger partial charge in [-0.05, 0) is 13.3 Å². The molecule has 1 heterocycles. The Morgan fingerprint density at radius 2 is 1.31 bits per heavy atom. The first-order chi connectivity index (χ1) is 14.1. The number of hydrogen-bond acceptors (Lipinski definition) is 4. The van der Waals surface area contributed by atoms with Gasteiger partial charge in [0.05, 0.1) is 0 Å². The van der Waals surface area contributed by atoms with E-state index in [9.17, 15) is 5.11 Å². The highest BCUT2D eigenvalue weighted by Gasteiger charge is 2.17. The maximum absolute atomic E-state index is 10.2. The van der Waals surface area contributed by atoms with Crippen molar-refractivity contribution in [1.29, 1.82) is 0 Å². The standard InChI is InChI=1S/C24H47N3O2/c1-3-4-5-6-7-8-9-10-11-12-13-14-15-16-17-18-21-29-22(2)24(28)27-20-19-23(25)26-27/h19-20,22,24,28H,3-18,21H2,1-2H3,(H2,25,26). The lowest BCUT2D eigenvalue weighted by molar-refractivity contribution is -0.0689. The van der Waals surface area contributed by atoms with Crippen molar-refractivity contribution in [2.45, 2.75) is 129 Å². The molecule has 29 heavy (non-hydrogen) atoms. The number of aliphatic hydroxyl groups is 1. The van der Waals surface area contributed by atoms with Crippen molar-refractivity contribution in [3.8, 4) is 0 Å². The van der Waals surface area contributed by atoms with Crippen LogP contribution in [-0.4, -0.2) is 27.6 Å². The van der Waals surface area contributed by atoms with Gasteiger partial charge < -0.3 is 15.6 Å². The first-order valence-corrected chi connectivity index (χ1v) is 12.3. The Hall–Kier alpha value is -1.07. The number of ether oxygens (including phenoxy) is 1. The van der Waals surface area contributed by atoms with Gasteiger partial charge in [0.2, 0.25) is 0 Å². The maximum atomic E-state index is 10.2. The number of nitrogen functional groups attached to an aromatic ring is 1. The van der Waals surface area contributed by atoms with Gasteiger partial charge in [0.15, 0.2) is 6.23 Å². The molecule has 0 aromatic carbocycles. The van der Waals surface area contributed by atoms with Crippen molar-refractivity contribution in [1.82, 2.24) is 9.78 Å².